The Hall–Kier alpha value is -4.00. The molecule has 0 spiro atoms. The highest BCUT2D eigenvalue weighted by Gasteiger charge is 2.19. The van der Waals surface area contributed by atoms with Crippen molar-refractivity contribution < 1.29 is 14.5 Å². The van der Waals surface area contributed by atoms with Gasteiger partial charge < -0.3 is 10.6 Å². The Morgan fingerprint density at radius 2 is 1.46 bits per heavy atom. The van der Waals surface area contributed by atoms with E-state index in [0.29, 0.717) is 11.4 Å². The summed E-state index contributed by atoms with van der Waals surface area (Å²) in [6.45, 7) is 0. The third kappa shape index (κ3) is 4.79. The number of hydrogen-bond donors (Lipinski definition) is 2. The van der Waals surface area contributed by atoms with E-state index in [2.05, 4.69) is 10.6 Å². The summed E-state index contributed by atoms with van der Waals surface area (Å²) in [6.07, 6.45) is 0.230. The first-order chi connectivity index (χ1) is 13.5. The smallest absolute Gasteiger partial charge is 0.282 e. The Bertz CT molecular complexity index is 1020. The van der Waals surface area contributed by atoms with Crippen molar-refractivity contribution in [3.05, 3.63) is 100 Å². The zero-order valence-electron chi connectivity index (χ0n) is 14.8. The number of nitrogens with one attached hydrogen (secondary N) is 2. The van der Waals surface area contributed by atoms with Crippen LogP contribution in [0.4, 0.5) is 17.1 Å². The van der Waals surface area contributed by atoms with Gasteiger partial charge in [0.2, 0.25) is 5.91 Å². The molecule has 0 atom stereocenters. The summed E-state index contributed by atoms with van der Waals surface area (Å²) in [7, 11) is 0. The number of nitrogens with zero attached hydrogens (tertiary/aromatic N) is 1. The molecule has 0 aromatic heterocycles. The molecule has 7 heteroatoms. The lowest BCUT2D eigenvalue weighted by Crippen LogP contribution is -2.16. The highest BCUT2D eigenvalue weighted by molar-refractivity contribution is 6.07. The van der Waals surface area contributed by atoms with E-state index in [4.69, 9.17) is 0 Å². The summed E-state index contributed by atoms with van der Waals surface area (Å²) < 4.78 is 0. The molecule has 0 aliphatic carbocycles. The molecule has 3 aromatic carbocycles. The maximum Gasteiger partial charge on any atom is 0.282 e. The summed E-state index contributed by atoms with van der Waals surface area (Å²) in [4.78, 5) is 35.1. The fraction of sp³-hybridized carbons (Fsp3) is 0.0476. The Morgan fingerprint density at radius 3 is 2.18 bits per heavy atom. The standard InChI is InChI=1S/C21H17N3O4/c25-20(13-15-7-2-1-3-8-15)22-16-9-6-10-17(14-16)23-21(26)18-11-4-5-12-19(18)24(27)28/h1-12,14H,13H2,(H,22,25)(H,23,26). The zero-order valence-corrected chi connectivity index (χ0v) is 14.8. The number of anilines is 2. The van der Waals surface area contributed by atoms with E-state index in [1.54, 1.807) is 30.3 Å². The van der Waals surface area contributed by atoms with Crippen molar-refractivity contribution in [2.45, 2.75) is 6.42 Å². The number of carbonyl (C=O) groups excluding carboxylic acids is 2. The van der Waals surface area contributed by atoms with E-state index in [0.717, 1.165) is 5.56 Å². The molecule has 0 bridgehead atoms. The van der Waals surface area contributed by atoms with Crippen LogP contribution in [0.1, 0.15) is 15.9 Å². The first-order valence-corrected chi connectivity index (χ1v) is 8.51. The quantitative estimate of drug-likeness (QED) is 0.502. The summed E-state index contributed by atoms with van der Waals surface area (Å²) in [6, 6.07) is 21.7. The van der Waals surface area contributed by atoms with Gasteiger partial charge in [-0.15, -0.1) is 0 Å². The average molecular weight is 375 g/mol. The van der Waals surface area contributed by atoms with Crippen molar-refractivity contribution in [1.82, 2.24) is 0 Å². The number of amides is 2. The van der Waals surface area contributed by atoms with Crippen molar-refractivity contribution in [3.63, 3.8) is 0 Å². The third-order valence-corrected chi connectivity index (χ3v) is 3.96. The van der Waals surface area contributed by atoms with Crippen LogP contribution in [0.25, 0.3) is 0 Å². The molecular formula is C21H17N3O4. The predicted molar refractivity (Wildman–Crippen MR) is 106 cm³/mol. The van der Waals surface area contributed by atoms with Crippen LogP contribution in [-0.4, -0.2) is 16.7 Å². The van der Waals surface area contributed by atoms with Gasteiger partial charge in [0.15, 0.2) is 0 Å². The Balaban J connectivity index is 1.69. The molecule has 0 saturated carbocycles. The van der Waals surface area contributed by atoms with Gasteiger partial charge in [-0.1, -0.05) is 48.5 Å². The second-order valence-electron chi connectivity index (χ2n) is 6.02. The minimum absolute atomic E-state index is 0.0361. The van der Waals surface area contributed by atoms with E-state index < -0.39 is 10.8 Å². The number of carbonyl (C=O) groups is 2. The van der Waals surface area contributed by atoms with Crippen LogP contribution >= 0.6 is 0 Å². The lowest BCUT2D eigenvalue weighted by molar-refractivity contribution is -0.385. The molecule has 2 amide bonds. The van der Waals surface area contributed by atoms with Crippen molar-refractivity contribution in [3.8, 4) is 0 Å². The van der Waals surface area contributed by atoms with E-state index in [-0.39, 0.29) is 23.6 Å². The molecule has 0 unspecified atom stereocenters. The number of nitro groups is 1. The van der Waals surface area contributed by atoms with E-state index in [1.807, 2.05) is 30.3 Å². The van der Waals surface area contributed by atoms with Gasteiger partial charge >= 0.3 is 0 Å². The van der Waals surface area contributed by atoms with Gasteiger partial charge in [-0.2, -0.15) is 0 Å². The molecular weight excluding hydrogens is 358 g/mol. The molecule has 3 aromatic rings. The monoisotopic (exact) mass is 375 g/mol. The Kier molecular flexibility index (Phi) is 5.76. The molecule has 28 heavy (non-hydrogen) atoms. The lowest BCUT2D eigenvalue weighted by Gasteiger charge is -2.09. The molecule has 0 aliphatic rings. The molecule has 3 rings (SSSR count). The zero-order chi connectivity index (χ0) is 19.9. The Labute approximate surface area is 161 Å². The first kappa shape index (κ1) is 18.8. The number of para-hydroxylation sites is 1. The Morgan fingerprint density at radius 1 is 0.821 bits per heavy atom. The van der Waals surface area contributed by atoms with Crippen LogP contribution in [0.2, 0.25) is 0 Å². The summed E-state index contributed by atoms with van der Waals surface area (Å²) in [5.74, 6) is -0.784. The number of nitro benzene ring substituents is 1. The second kappa shape index (κ2) is 8.59. The summed E-state index contributed by atoms with van der Waals surface area (Å²) >= 11 is 0. The molecule has 7 nitrogen and oxygen atoms in total. The maximum atomic E-state index is 12.4. The predicted octanol–water partition coefficient (Wildman–Crippen LogP) is 4.03. The topological polar surface area (TPSA) is 101 Å². The van der Waals surface area contributed by atoms with Crippen molar-refractivity contribution in [2.24, 2.45) is 0 Å². The summed E-state index contributed by atoms with van der Waals surface area (Å²) in [5, 5.41) is 16.5. The van der Waals surface area contributed by atoms with Crippen LogP contribution in [-0.2, 0) is 11.2 Å². The molecule has 0 radical (unpaired) electrons. The molecule has 0 saturated heterocycles. The minimum atomic E-state index is -0.602. The average Bonchev–Trinajstić information content (AvgIpc) is 2.69. The van der Waals surface area contributed by atoms with Crippen LogP contribution in [0.15, 0.2) is 78.9 Å². The van der Waals surface area contributed by atoms with E-state index in [1.165, 1.54) is 18.2 Å². The van der Waals surface area contributed by atoms with E-state index in [9.17, 15) is 19.7 Å². The highest BCUT2D eigenvalue weighted by Crippen LogP contribution is 2.21. The van der Waals surface area contributed by atoms with Gasteiger partial charge in [-0.25, -0.2) is 0 Å². The van der Waals surface area contributed by atoms with Crippen LogP contribution in [0.3, 0.4) is 0 Å². The molecule has 140 valence electrons. The molecule has 0 aliphatic heterocycles. The van der Waals surface area contributed by atoms with Crippen molar-refractivity contribution >= 4 is 28.9 Å². The number of rotatable bonds is 6. The maximum absolute atomic E-state index is 12.4. The normalized spacial score (nSPS) is 10.1. The van der Waals surface area contributed by atoms with Crippen molar-refractivity contribution in [1.29, 1.82) is 0 Å². The van der Waals surface area contributed by atoms with E-state index >= 15 is 0 Å². The van der Waals surface area contributed by atoms with Gasteiger partial charge in [0.25, 0.3) is 11.6 Å². The highest BCUT2D eigenvalue weighted by atomic mass is 16.6. The first-order valence-electron chi connectivity index (χ1n) is 8.51. The van der Waals surface area contributed by atoms with Gasteiger partial charge in [0.1, 0.15) is 5.56 Å². The number of hydrogen-bond acceptors (Lipinski definition) is 4. The molecule has 0 heterocycles. The fourth-order valence-electron chi connectivity index (χ4n) is 2.68. The van der Waals surface area contributed by atoms with Gasteiger partial charge in [-0.3, -0.25) is 19.7 Å². The van der Waals surface area contributed by atoms with Crippen LogP contribution in [0.5, 0.6) is 0 Å². The largest absolute Gasteiger partial charge is 0.326 e. The van der Waals surface area contributed by atoms with Gasteiger partial charge in [0.05, 0.1) is 11.3 Å². The number of benzene rings is 3. The molecule has 2 N–H and O–H groups in total. The molecule has 0 fully saturated rings. The van der Waals surface area contributed by atoms with Crippen LogP contribution in [0, 0.1) is 10.1 Å². The lowest BCUT2D eigenvalue weighted by atomic mass is 10.1. The second-order valence-corrected chi connectivity index (χ2v) is 6.02. The minimum Gasteiger partial charge on any atom is -0.326 e. The van der Waals surface area contributed by atoms with Gasteiger partial charge in [-0.05, 0) is 29.8 Å². The van der Waals surface area contributed by atoms with Crippen LogP contribution < -0.4 is 10.6 Å². The van der Waals surface area contributed by atoms with Gasteiger partial charge in [0, 0.05) is 17.4 Å². The third-order valence-electron chi connectivity index (χ3n) is 3.96. The van der Waals surface area contributed by atoms with Crippen molar-refractivity contribution in [2.75, 3.05) is 10.6 Å². The SMILES string of the molecule is O=C(Cc1ccccc1)Nc1cccc(NC(=O)c2ccccc2[N+](=O)[O-])c1. The fourth-order valence-corrected chi connectivity index (χ4v) is 2.68. The summed E-state index contributed by atoms with van der Waals surface area (Å²) in [5.41, 5.74) is 1.51.